The molecule has 4 nitrogen and oxygen atoms in total. The SMILES string of the molecule is O=C(c1ccccc1)c1ccc(NS(=O)(=O)C(F)(F)F)cc1. The number of rotatable bonds is 4. The molecule has 0 aliphatic carbocycles. The zero-order chi connectivity index (χ0) is 16.4. The maximum atomic E-state index is 12.2. The van der Waals surface area contributed by atoms with Gasteiger partial charge in [0.15, 0.2) is 5.78 Å². The molecule has 0 fully saturated rings. The van der Waals surface area contributed by atoms with E-state index in [4.69, 9.17) is 0 Å². The molecule has 0 unspecified atom stereocenters. The third-order valence-electron chi connectivity index (χ3n) is 2.74. The second-order valence-corrected chi connectivity index (χ2v) is 6.00. The lowest BCUT2D eigenvalue weighted by atomic mass is 10.0. The van der Waals surface area contributed by atoms with Gasteiger partial charge in [-0.1, -0.05) is 30.3 Å². The van der Waals surface area contributed by atoms with E-state index in [0.717, 1.165) is 12.1 Å². The van der Waals surface area contributed by atoms with Gasteiger partial charge in [0.2, 0.25) is 0 Å². The lowest BCUT2D eigenvalue weighted by Crippen LogP contribution is -2.29. The summed E-state index contributed by atoms with van der Waals surface area (Å²) in [6.45, 7) is 0. The number of hydrogen-bond acceptors (Lipinski definition) is 3. The predicted octanol–water partition coefficient (Wildman–Crippen LogP) is 3.18. The monoisotopic (exact) mass is 329 g/mol. The Bertz CT molecular complexity index is 769. The van der Waals surface area contributed by atoms with Crippen LogP contribution in [0.2, 0.25) is 0 Å². The number of sulfonamides is 1. The molecule has 0 saturated carbocycles. The molecule has 2 aromatic rings. The van der Waals surface area contributed by atoms with E-state index in [1.807, 2.05) is 0 Å². The van der Waals surface area contributed by atoms with Gasteiger partial charge in [-0.05, 0) is 24.3 Å². The number of anilines is 1. The summed E-state index contributed by atoms with van der Waals surface area (Å²) < 4.78 is 60.0. The van der Waals surface area contributed by atoms with Crippen molar-refractivity contribution in [1.82, 2.24) is 0 Å². The molecular weight excluding hydrogens is 319 g/mol. The molecule has 0 heterocycles. The smallest absolute Gasteiger partial charge is 0.289 e. The van der Waals surface area contributed by atoms with E-state index in [-0.39, 0.29) is 17.0 Å². The first-order chi connectivity index (χ1) is 10.2. The summed E-state index contributed by atoms with van der Waals surface area (Å²) in [6, 6.07) is 13.0. The largest absolute Gasteiger partial charge is 0.516 e. The van der Waals surface area contributed by atoms with Crippen LogP contribution in [0.15, 0.2) is 54.6 Å². The van der Waals surface area contributed by atoms with Gasteiger partial charge in [-0.25, -0.2) is 0 Å². The molecule has 1 N–H and O–H groups in total. The molecular formula is C14H10F3NO3S. The fourth-order valence-corrected chi connectivity index (χ4v) is 2.22. The van der Waals surface area contributed by atoms with E-state index in [9.17, 15) is 26.4 Å². The zero-order valence-electron chi connectivity index (χ0n) is 11.0. The minimum atomic E-state index is -5.47. The summed E-state index contributed by atoms with van der Waals surface area (Å²) in [4.78, 5) is 12.1. The molecule has 2 aromatic carbocycles. The van der Waals surface area contributed by atoms with E-state index in [1.54, 1.807) is 30.3 Å². The van der Waals surface area contributed by atoms with Crippen LogP contribution in [0.5, 0.6) is 0 Å². The van der Waals surface area contributed by atoms with Gasteiger partial charge in [-0.3, -0.25) is 9.52 Å². The van der Waals surface area contributed by atoms with Gasteiger partial charge < -0.3 is 0 Å². The number of halogens is 3. The van der Waals surface area contributed by atoms with Crippen molar-refractivity contribution in [3.05, 3.63) is 65.7 Å². The summed E-state index contributed by atoms with van der Waals surface area (Å²) in [7, 11) is -5.47. The van der Waals surface area contributed by atoms with Crippen LogP contribution in [-0.4, -0.2) is 19.7 Å². The van der Waals surface area contributed by atoms with Crippen LogP contribution in [0, 0.1) is 0 Å². The molecule has 0 aliphatic rings. The first-order valence-corrected chi connectivity index (χ1v) is 7.48. The fourth-order valence-electron chi connectivity index (χ4n) is 1.66. The van der Waals surface area contributed by atoms with E-state index >= 15 is 0 Å². The minimum absolute atomic E-state index is 0.237. The molecule has 0 aromatic heterocycles. The maximum absolute atomic E-state index is 12.2. The number of benzene rings is 2. The summed E-state index contributed by atoms with van der Waals surface area (Å²) >= 11 is 0. The fraction of sp³-hybridized carbons (Fsp3) is 0.0714. The van der Waals surface area contributed by atoms with Crippen LogP contribution in [-0.2, 0) is 10.0 Å². The number of ketones is 1. The summed E-state index contributed by atoms with van der Waals surface area (Å²) in [5.41, 5.74) is -5.01. The lowest BCUT2D eigenvalue weighted by molar-refractivity contribution is -0.0429. The Hall–Kier alpha value is -2.35. The number of hydrogen-bond donors (Lipinski definition) is 1. The molecule has 0 radical (unpaired) electrons. The summed E-state index contributed by atoms with van der Waals surface area (Å²) in [6.07, 6.45) is 0. The van der Waals surface area contributed by atoms with Crippen molar-refractivity contribution in [2.45, 2.75) is 5.51 Å². The lowest BCUT2D eigenvalue weighted by Gasteiger charge is -2.10. The highest BCUT2D eigenvalue weighted by Crippen LogP contribution is 2.25. The van der Waals surface area contributed by atoms with Crippen LogP contribution in [0.3, 0.4) is 0 Å². The topological polar surface area (TPSA) is 63.2 Å². The van der Waals surface area contributed by atoms with Gasteiger partial charge in [0, 0.05) is 16.8 Å². The molecule has 2 rings (SSSR count). The van der Waals surface area contributed by atoms with Crippen molar-refractivity contribution < 1.29 is 26.4 Å². The summed E-state index contributed by atoms with van der Waals surface area (Å²) in [5.74, 6) is -0.314. The Balaban J connectivity index is 2.20. The van der Waals surface area contributed by atoms with Crippen molar-refractivity contribution in [2.24, 2.45) is 0 Å². The van der Waals surface area contributed by atoms with Crippen molar-refractivity contribution in [3.8, 4) is 0 Å². The Kier molecular flexibility index (Phi) is 4.23. The molecule has 0 bridgehead atoms. The third kappa shape index (κ3) is 3.45. The van der Waals surface area contributed by atoms with Gasteiger partial charge >= 0.3 is 15.5 Å². The van der Waals surface area contributed by atoms with Gasteiger partial charge in [0.05, 0.1) is 0 Å². The Morgan fingerprint density at radius 1 is 0.864 bits per heavy atom. The Labute approximate surface area is 124 Å². The number of alkyl halides is 3. The second-order valence-electron chi connectivity index (χ2n) is 4.32. The first-order valence-electron chi connectivity index (χ1n) is 5.99. The van der Waals surface area contributed by atoms with E-state index in [2.05, 4.69) is 0 Å². The standard InChI is InChI=1S/C14H10F3NO3S/c15-14(16,17)22(20,21)18-12-8-6-11(7-9-12)13(19)10-4-2-1-3-5-10/h1-9,18H. The number of carbonyl (C=O) groups is 1. The Morgan fingerprint density at radius 3 is 1.86 bits per heavy atom. The van der Waals surface area contributed by atoms with Crippen LogP contribution < -0.4 is 4.72 Å². The highest BCUT2D eigenvalue weighted by Gasteiger charge is 2.46. The second kappa shape index (κ2) is 5.80. The van der Waals surface area contributed by atoms with Crippen molar-refractivity contribution in [1.29, 1.82) is 0 Å². The van der Waals surface area contributed by atoms with Crippen molar-refractivity contribution in [3.63, 3.8) is 0 Å². The van der Waals surface area contributed by atoms with Crippen LogP contribution in [0.4, 0.5) is 18.9 Å². The number of carbonyl (C=O) groups excluding carboxylic acids is 1. The molecule has 22 heavy (non-hydrogen) atoms. The van der Waals surface area contributed by atoms with Crippen LogP contribution in [0.25, 0.3) is 0 Å². The van der Waals surface area contributed by atoms with Crippen molar-refractivity contribution >= 4 is 21.5 Å². The molecule has 0 saturated heterocycles. The van der Waals surface area contributed by atoms with Gasteiger partial charge in [0.25, 0.3) is 0 Å². The van der Waals surface area contributed by atoms with Crippen molar-refractivity contribution in [2.75, 3.05) is 4.72 Å². The highest BCUT2D eigenvalue weighted by atomic mass is 32.2. The molecule has 8 heteroatoms. The quantitative estimate of drug-likeness (QED) is 0.876. The molecule has 0 spiro atoms. The predicted molar refractivity (Wildman–Crippen MR) is 74.9 cm³/mol. The Morgan fingerprint density at radius 2 is 1.36 bits per heavy atom. The van der Waals surface area contributed by atoms with E-state index in [1.165, 1.54) is 16.9 Å². The molecule has 0 amide bonds. The highest BCUT2D eigenvalue weighted by molar-refractivity contribution is 7.93. The summed E-state index contributed by atoms with van der Waals surface area (Å²) in [5, 5.41) is 0. The zero-order valence-corrected chi connectivity index (χ0v) is 11.8. The van der Waals surface area contributed by atoms with Crippen LogP contribution in [0.1, 0.15) is 15.9 Å². The maximum Gasteiger partial charge on any atom is 0.516 e. The number of nitrogens with one attached hydrogen (secondary N) is 1. The van der Waals surface area contributed by atoms with E-state index < -0.39 is 15.5 Å². The molecule has 116 valence electrons. The third-order valence-corrected chi connectivity index (χ3v) is 3.85. The average Bonchev–Trinajstić information content (AvgIpc) is 2.47. The van der Waals surface area contributed by atoms with Gasteiger partial charge in [-0.15, -0.1) is 0 Å². The minimum Gasteiger partial charge on any atom is -0.289 e. The van der Waals surface area contributed by atoms with Gasteiger partial charge in [-0.2, -0.15) is 21.6 Å². The molecule has 0 atom stereocenters. The normalized spacial score (nSPS) is 12.0. The molecule has 0 aliphatic heterocycles. The van der Waals surface area contributed by atoms with E-state index in [0.29, 0.717) is 5.56 Å². The van der Waals surface area contributed by atoms with Gasteiger partial charge in [0.1, 0.15) is 0 Å². The van der Waals surface area contributed by atoms with Crippen LogP contribution >= 0.6 is 0 Å². The average molecular weight is 329 g/mol. The first kappa shape index (κ1) is 16.0.